The van der Waals surface area contributed by atoms with Crippen molar-refractivity contribution in [3.8, 4) is 0 Å². The van der Waals surface area contributed by atoms with Gasteiger partial charge in [-0.05, 0) is 27.2 Å². The number of hydrogen-bond acceptors (Lipinski definition) is 5. The predicted octanol–water partition coefficient (Wildman–Crippen LogP) is 0.520. The first-order chi connectivity index (χ1) is 9.15. The molecule has 1 amide bonds. The SMILES string of the molecule is CCOCCN(CCOCC)C(C)CCC(=O)NN. The Kier molecular flexibility index (Phi) is 11.9. The lowest BCUT2D eigenvalue weighted by atomic mass is 10.1. The van der Waals surface area contributed by atoms with E-state index in [2.05, 4.69) is 17.2 Å². The number of nitrogens with two attached hydrogens (primary N) is 1. The molecule has 6 heteroatoms. The number of hydrazine groups is 1. The van der Waals surface area contributed by atoms with Crippen LogP contribution in [0.1, 0.15) is 33.6 Å². The molecule has 0 aromatic heterocycles. The van der Waals surface area contributed by atoms with Crippen molar-refractivity contribution >= 4 is 5.91 Å². The molecule has 0 spiro atoms. The van der Waals surface area contributed by atoms with Gasteiger partial charge in [0.05, 0.1) is 13.2 Å². The fourth-order valence-corrected chi connectivity index (χ4v) is 1.80. The smallest absolute Gasteiger partial charge is 0.233 e. The summed E-state index contributed by atoms with van der Waals surface area (Å²) >= 11 is 0. The first-order valence-electron chi connectivity index (χ1n) is 7.04. The minimum Gasteiger partial charge on any atom is -0.380 e. The number of nitrogens with zero attached hydrogens (tertiary/aromatic N) is 1. The molecule has 0 fully saturated rings. The van der Waals surface area contributed by atoms with Crippen LogP contribution in [0.4, 0.5) is 0 Å². The minimum absolute atomic E-state index is 0.124. The molecule has 0 saturated heterocycles. The number of carbonyl (C=O) groups is 1. The second-order valence-corrected chi connectivity index (χ2v) is 4.39. The van der Waals surface area contributed by atoms with E-state index in [4.69, 9.17) is 15.3 Å². The van der Waals surface area contributed by atoms with Gasteiger partial charge in [0.2, 0.25) is 5.91 Å². The zero-order valence-electron chi connectivity index (χ0n) is 12.5. The Bertz CT molecular complexity index is 217. The first-order valence-corrected chi connectivity index (χ1v) is 7.04. The van der Waals surface area contributed by atoms with Crippen LogP contribution in [-0.4, -0.2) is 56.4 Å². The molecule has 1 atom stereocenters. The zero-order chi connectivity index (χ0) is 14.5. The molecule has 0 rings (SSSR count). The Balaban J connectivity index is 4.07. The maximum absolute atomic E-state index is 11.2. The molecule has 0 radical (unpaired) electrons. The molecule has 0 aliphatic heterocycles. The van der Waals surface area contributed by atoms with Crippen molar-refractivity contribution in [2.45, 2.75) is 39.7 Å². The fraction of sp³-hybridized carbons (Fsp3) is 0.923. The second-order valence-electron chi connectivity index (χ2n) is 4.39. The molecule has 0 aromatic rings. The second kappa shape index (κ2) is 12.3. The highest BCUT2D eigenvalue weighted by atomic mass is 16.5. The molecule has 6 nitrogen and oxygen atoms in total. The lowest BCUT2D eigenvalue weighted by molar-refractivity contribution is -0.121. The topological polar surface area (TPSA) is 76.8 Å². The van der Waals surface area contributed by atoms with E-state index in [0.29, 0.717) is 25.7 Å². The van der Waals surface area contributed by atoms with Gasteiger partial charge in [0.1, 0.15) is 0 Å². The van der Waals surface area contributed by atoms with Crippen LogP contribution in [0.25, 0.3) is 0 Å². The minimum atomic E-state index is -0.124. The summed E-state index contributed by atoms with van der Waals surface area (Å²) in [7, 11) is 0. The number of nitrogens with one attached hydrogen (secondary N) is 1. The van der Waals surface area contributed by atoms with E-state index in [1.54, 1.807) is 0 Å². The largest absolute Gasteiger partial charge is 0.380 e. The molecule has 0 saturated carbocycles. The summed E-state index contributed by atoms with van der Waals surface area (Å²) in [5.41, 5.74) is 2.16. The molecule has 114 valence electrons. The summed E-state index contributed by atoms with van der Waals surface area (Å²) in [5, 5.41) is 0. The molecule has 0 heterocycles. The highest BCUT2D eigenvalue weighted by Crippen LogP contribution is 2.06. The van der Waals surface area contributed by atoms with Gasteiger partial charge in [-0.25, -0.2) is 5.84 Å². The van der Waals surface area contributed by atoms with Crippen molar-refractivity contribution in [2.75, 3.05) is 39.5 Å². The van der Waals surface area contributed by atoms with Crippen molar-refractivity contribution in [3.05, 3.63) is 0 Å². The van der Waals surface area contributed by atoms with E-state index in [-0.39, 0.29) is 5.91 Å². The number of amides is 1. The third-order valence-corrected chi connectivity index (χ3v) is 3.03. The maximum Gasteiger partial charge on any atom is 0.233 e. The van der Waals surface area contributed by atoms with Crippen LogP contribution in [0, 0.1) is 0 Å². The van der Waals surface area contributed by atoms with Crippen molar-refractivity contribution in [3.63, 3.8) is 0 Å². The Morgan fingerprint density at radius 2 is 1.74 bits per heavy atom. The molecular formula is C13H29N3O3. The van der Waals surface area contributed by atoms with Crippen molar-refractivity contribution in [1.82, 2.24) is 10.3 Å². The normalized spacial score (nSPS) is 12.7. The Morgan fingerprint density at radius 1 is 1.21 bits per heavy atom. The number of hydrogen-bond donors (Lipinski definition) is 2. The van der Waals surface area contributed by atoms with E-state index < -0.39 is 0 Å². The standard InChI is InChI=1S/C13H29N3O3/c1-4-18-10-8-16(9-11-19-5-2)12(3)6-7-13(17)15-14/h12H,4-11,14H2,1-3H3,(H,15,17). The predicted molar refractivity (Wildman–Crippen MR) is 75.6 cm³/mol. The van der Waals surface area contributed by atoms with Gasteiger partial charge >= 0.3 is 0 Å². The summed E-state index contributed by atoms with van der Waals surface area (Å²) in [6, 6.07) is 0.304. The summed E-state index contributed by atoms with van der Waals surface area (Å²) in [4.78, 5) is 13.4. The van der Waals surface area contributed by atoms with Gasteiger partial charge in [0, 0.05) is 38.8 Å². The van der Waals surface area contributed by atoms with Gasteiger partial charge in [-0.2, -0.15) is 0 Å². The Hall–Kier alpha value is -0.690. The van der Waals surface area contributed by atoms with E-state index in [1.165, 1.54) is 0 Å². The van der Waals surface area contributed by atoms with Crippen LogP contribution in [0.5, 0.6) is 0 Å². The van der Waals surface area contributed by atoms with Crippen molar-refractivity contribution in [1.29, 1.82) is 0 Å². The highest BCUT2D eigenvalue weighted by molar-refractivity contribution is 5.75. The third-order valence-electron chi connectivity index (χ3n) is 3.03. The van der Waals surface area contributed by atoms with Gasteiger partial charge in [-0.1, -0.05) is 0 Å². The highest BCUT2D eigenvalue weighted by Gasteiger charge is 2.14. The molecule has 0 bridgehead atoms. The molecule has 0 aromatic carbocycles. The Morgan fingerprint density at radius 3 is 2.16 bits per heavy atom. The van der Waals surface area contributed by atoms with E-state index in [1.807, 2.05) is 13.8 Å². The summed E-state index contributed by atoms with van der Waals surface area (Å²) in [6.45, 7) is 10.7. The quantitative estimate of drug-likeness (QED) is 0.235. The Labute approximate surface area is 116 Å². The van der Waals surface area contributed by atoms with Gasteiger partial charge in [0.25, 0.3) is 0 Å². The zero-order valence-corrected chi connectivity index (χ0v) is 12.5. The summed E-state index contributed by atoms with van der Waals surface area (Å²) < 4.78 is 10.8. The molecule has 0 aliphatic rings. The van der Waals surface area contributed by atoms with Gasteiger partial charge in [0.15, 0.2) is 0 Å². The van der Waals surface area contributed by atoms with E-state index >= 15 is 0 Å². The molecule has 19 heavy (non-hydrogen) atoms. The van der Waals surface area contributed by atoms with Gasteiger partial charge < -0.3 is 9.47 Å². The molecule has 0 aliphatic carbocycles. The summed E-state index contributed by atoms with van der Waals surface area (Å²) in [6.07, 6.45) is 1.22. The molecular weight excluding hydrogens is 246 g/mol. The maximum atomic E-state index is 11.2. The molecule has 3 N–H and O–H groups in total. The van der Waals surface area contributed by atoms with Crippen LogP contribution in [0.2, 0.25) is 0 Å². The van der Waals surface area contributed by atoms with E-state index in [0.717, 1.165) is 32.7 Å². The third kappa shape index (κ3) is 9.84. The van der Waals surface area contributed by atoms with Crippen LogP contribution in [-0.2, 0) is 14.3 Å². The van der Waals surface area contributed by atoms with Crippen molar-refractivity contribution < 1.29 is 14.3 Å². The van der Waals surface area contributed by atoms with Crippen LogP contribution >= 0.6 is 0 Å². The van der Waals surface area contributed by atoms with Crippen molar-refractivity contribution in [2.24, 2.45) is 5.84 Å². The monoisotopic (exact) mass is 275 g/mol. The lowest BCUT2D eigenvalue weighted by Crippen LogP contribution is -2.39. The van der Waals surface area contributed by atoms with Gasteiger partial charge in [-0.3, -0.25) is 15.1 Å². The number of ether oxygens (including phenoxy) is 2. The number of rotatable bonds is 12. The van der Waals surface area contributed by atoms with E-state index in [9.17, 15) is 4.79 Å². The summed E-state index contributed by atoms with van der Waals surface area (Å²) in [5.74, 6) is 4.95. The van der Waals surface area contributed by atoms with Gasteiger partial charge in [-0.15, -0.1) is 0 Å². The average Bonchev–Trinajstić information content (AvgIpc) is 2.43. The first kappa shape index (κ1) is 18.3. The van der Waals surface area contributed by atoms with Crippen LogP contribution in [0.3, 0.4) is 0 Å². The molecule has 1 unspecified atom stereocenters. The van der Waals surface area contributed by atoms with Crippen LogP contribution < -0.4 is 11.3 Å². The van der Waals surface area contributed by atoms with Crippen LogP contribution in [0.15, 0.2) is 0 Å². The number of carbonyl (C=O) groups excluding carboxylic acids is 1. The lowest BCUT2D eigenvalue weighted by Gasteiger charge is -2.28. The average molecular weight is 275 g/mol. The fourth-order valence-electron chi connectivity index (χ4n) is 1.80.